The third-order valence-electron chi connectivity index (χ3n) is 4.07. The molecule has 0 aliphatic heterocycles. The molecule has 1 aromatic carbocycles. The maximum atomic E-state index is 4.37. The van der Waals surface area contributed by atoms with Crippen molar-refractivity contribution in [3.05, 3.63) is 30.0 Å². The van der Waals surface area contributed by atoms with E-state index in [1.165, 1.54) is 49.3 Å². The molecule has 0 unspecified atom stereocenters. The van der Waals surface area contributed by atoms with Gasteiger partial charge in [0.2, 0.25) is 0 Å². The third-order valence-corrected chi connectivity index (χ3v) is 4.07. The normalized spacial score (nSPS) is 17.3. The van der Waals surface area contributed by atoms with Gasteiger partial charge in [-0.2, -0.15) is 5.10 Å². The summed E-state index contributed by atoms with van der Waals surface area (Å²) in [5.74, 6) is 0.952. The Balaban J connectivity index is 1.90. The molecule has 3 heteroatoms. The van der Waals surface area contributed by atoms with Gasteiger partial charge >= 0.3 is 0 Å². The van der Waals surface area contributed by atoms with E-state index >= 15 is 0 Å². The predicted octanol–water partition coefficient (Wildman–Crippen LogP) is 4.07. The fourth-order valence-corrected chi connectivity index (χ4v) is 2.96. The quantitative estimate of drug-likeness (QED) is 0.822. The Kier molecular flexibility index (Phi) is 3.62. The highest BCUT2D eigenvalue weighted by Crippen LogP contribution is 2.26. The zero-order chi connectivity index (χ0) is 13.1. The van der Waals surface area contributed by atoms with Crippen LogP contribution in [0.4, 0.5) is 5.82 Å². The monoisotopic (exact) mass is 255 g/mol. The van der Waals surface area contributed by atoms with E-state index in [0.29, 0.717) is 6.04 Å². The molecule has 0 bridgehead atoms. The van der Waals surface area contributed by atoms with Crippen LogP contribution in [-0.4, -0.2) is 16.2 Å². The largest absolute Gasteiger partial charge is 0.365 e. The minimum absolute atomic E-state index is 0.558. The number of anilines is 1. The molecular weight excluding hydrogens is 234 g/mol. The lowest BCUT2D eigenvalue weighted by atomic mass is 10.1. The summed E-state index contributed by atoms with van der Waals surface area (Å²) in [4.78, 5) is 0. The van der Waals surface area contributed by atoms with Crippen molar-refractivity contribution in [1.82, 2.24) is 10.2 Å². The fraction of sp³-hybridized carbons (Fsp3) is 0.500. The van der Waals surface area contributed by atoms with E-state index in [4.69, 9.17) is 0 Å². The molecule has 1 N–H and O–H groups in total. The first kappa shape index (κ1) is 12.4. The molecule has 19 heavy (non-hydrogen) atoms. The molecule has 2 aromatic rings. The second-order valence-electron chi connectivity index (χ2n) is 5.51. The second-order valence-corrected chi connectivity index (χ2v) is 5.51. The van der Waals surface area contributed by atoms with Gasteiger partial charge in [-0.1, -0.05) is 49.9 Å². The first-order valence-electron chi connectivity index (χ1n) is 7.33. The van der Waals surface area contributed by atoms with Crippen LogP contribution in [0.5, 0.6) is 0 Å². The standard InChI is InChI=1S/C16H21N3/c1-12-14-10-6-7-11-15(14)16(19-18-12)17-13-8-4-2-3-5-9-13/h6-7,10-11,13H,2-5,8-9H2,1H3,(H,17,19). The summed E-state index contributed by atoms with van der Waals surface area (Å²) >= 11 is 0. The number of benzene rings is 1. The smallest absolute Gasteiger partial charge is 0.156 e. The molecule has 1 heterocycles. The van der Waals surface area contributed by atoms with Crippen LogP contribution in [0.15, 0.2) is 24.3 Å². The maximum Gasteiger partial charge on any atom is 0.156 e. The number of fused-ring (bicyclic) bond motifs is 1. The van der Waals surface area contributed by atoms with Crippen LogP contribution in [0.1, 0.15) is 44.2 Å². The second kappa shape index (κ2) is 5.55. The lowest BCUT2D eigenvalue weighted by Crippen LogP contribution is -2.19. The summed E-state index contributed by atoms with van der Waals surface area (Å²) < 4.78 is 0. The topological polar surface area (TPSA) is 37.8 Å². The van der Waals surface area contributed by atoms with Crippen LogP contribution in [-0.2, 0) is 0 Å². The Morgan fingerprint density at radius 2 is 1.63 bits per heavy atom. The van der Waals surface area contributed by atoms with Crippen molar-refractivity contribution in [2.24, 2.45) is 0 Å². The van der Waals surface area contributed by atoms with Crippen LogP contribution >= 0.6 is 0 Å². The average molecular weight is 255 g/mol. The summed E-state index contributed by atoms with van der Waals surface area (Å²) in [7, 11) is 0. The van der Waals surface area contributed by atoms with Gasteiger partial charge in [0, 0.05) is 16.8 Å². The van der Waals surface area contributed by atoms with Gasteiger partial charge in [-0.15, -0.1) is 5.10 Å². The van der Waals surface area contributed by atoms with Gasteiger partial charge in [0.25, 0.3) is 0 Å². The van der Waals surface area contributed by atoms with Crippen molar-refractivity contribution in [3.63, 3.8) is 0 Å². The van der Waals surface area contributed by atoms with Crippen LogP contribution in [0.2, 0.25) is 0 Å². The highest BCUT2D eigenvalue weighted by Gasteiger charge is 2.14. The first-order valence-corrected chi connectivity index (χ1v) is 7.33. The summed E-state index contributed by atoms with van der Waals surface area (Å²) in [5.41, 5.74) is 1.00. The molecule has 1 aliphatic rings. The number of aryl methyl sites for hydroxylation is 1. The molecule has 0 amide bonds. The SMILES string of the molecule is Cc1nnc(NC2CCCCCC2)c2ccccc12. The van der Waals surface area contributed by atoms with Crippen LogP contribution < -0.4 is 5.32 Å². The van der Waals surface area contributed by atoms with Gasteiger partial charge in [-0.25, -0.2) is 0 Å². The number of rotatable bonds is 2. The van der Waals surface area contributed by atoms with Crippen LogP contribution in [0.3, 0.4) is 0 Å². The zero-order valence-corrected chi connectivity index (χ0v) is 11.5. The lowest BCUT2D eigenvalue weighted by molar-refractivity contribution is 0.617. The number of aromatic nitrogens is 2. The van der Waals surface area contributed by atoms with Gasteiger partial charge in [0.1, 0.15) is 0 Å². The molecule has 0 radical (unpaired) electrons. The average Bonchev–Trinajstić information content (AvgIpc) is 2.71. The Morgan fingerprint density at radius 3 is 2.37 bits per heavy atom. The molecule has 0 spiro atoms. The highest BCUT2D eigenvalue weighted by molar-refractivity contribution is 5.92. The Bertz CT molecular complexity index is 557. The van der Waals surface area contributed by atoms with Crippen LogP contribution in [0.25, 0.3) is 10.8 Å². The van der Waals surface area contributed by atoms with Gasteiger partial charge in [0.05, 0.1) is 5.69 Å². The highest BCUT2D eigenvalue weighted by atomic mass is 15.2. The Hall–Kier alpha value is -1.64. The van der Waals surface area contributed by atoms with Crippen molar-refractivity contribution in [3.8, 4) is 0 Å². The molecular formula is C16H21N3. The third kappa shape index (κ3) is 2.70. The minimum atomic E-state index is 0.558. The Labute approximate surface area is 114 Å². The van der Waals surface area contributed by atoms with Gasteiger partial charge in [0.15, 0.2) is 5.82 Å². The summed E-state index contributed by atoms with van der Waals surface area (Å²) in [6.07, 6.45) is 7.91. The number of nitrogens with zero attached hydrogens (tertiary/aromatic N) is 2. The Morgan fingerprint density at radius 1 is 0.947 bits per heavy atom. The van der Waals surface area contributed by atoms with Gasteiger partial charge < -0.3 is 5.32 Å². The van der Waals surface area contributed by atoms with E-state index in [9.17, 15) is 0 Å². The van der Waals surface area contributed by atoms with Crippen molar-refractivity contribution >= 4 is 16.6 Å². The molecule has 1 aromatic heterocycles. The van der Waals surface area contributed by atoms with E-state index in [2.05, 4.69) is 39.8 Å². The molecule has 3 nitrogen and oxygen atoms in total. The van der Waals surface area contributed by atoms with Crippen molar-refractivity contribution in [2.75, 3.05) is 5.32 Å². The molecule has 1 aliphatic carbocycles. The molecule has 0 saturated heterocycles. The van der Waals surface area contributed by atoms with Crippen molar-refractivity contribution < 1.29 is 0 Å². The summed E-state index contributed by atoms with van der Waals surface area (Å²) in [5, 5.41) is 14.7. The van der Waals surface area contributed by atoms with E-state index in [1.54, 1.807) is 0 Å². The number of hydrogen-bond donors (Lipinski definition) is 1. The van der Waals surface area contributed by atoms with Gasteiger partial charge in [-0.05, 0) is 19.8 Å². The van der Waals surface area contributed by atoms with Gasteiger partial charge in [-0.3, -0.25) is 0 Å². The van der Waals surface area contributed by atoms with E-state index in [0.717, 1.165) is 11.5 Å². The summed E-state index contributed by atoms with van der Waals surface area (Å²) in [6, 6.07) is 8.95. The minimum Gasteiger partial charge on any atom is -0.365 e. The zero-order valence-electron chi connectivity index (χ0n) is 11.5. The first-order chi connectivity index (χ1) is 9.34. The predicted molar refractivity (Wildman–Crippen MR) is 79.4 cm³/mol. The van der Waals surface area contributed by atoms with E-state index in [1.807, 2.05) is 6.92 Å². The molecule has 3 rings (SSSR count). The van der Waals surface area contributed by atoms with Crippen molar-refractivity contribution in [2.45, 2.75) is 51.5 Å². The number of hydrogen-bond acceptors (Lipinski definition) is 3. The summed E-state index contributed by atoms with van der Waals surface area (Å²) in [6.45, 7) is 2.02. The maximum absolute atomic E-state index is 4.37. The molecule has 1 fully saturated rings. The van der Waals surface area contributed by atoms with Crippen LogP contribution in [0, 0.1) is 6.92 Å². The van der Waals surface area contributed by atoms with Crippen molar-refractivity contribution in [1.29, 1.82) is 0 Å². The number of nitrogens with one attached hydrogen (secondary N) is 1. The molecule has 0 atom stereocenters. The van der Waals surface area contributed by atoms with E-state index in [-0.39, 0.29) is 0 Å². The fourth-order valence-electron chi connectivity index (χ4n) is 2.96. The molecule has 100 valence electrons. The van der Waals surface area contributed by atoms with E-state index < -0.39 is 0 Å². The molecule has 1 saturated carbocycles. The lowest BCUT2D eigenvalue weighted by Gasteiger charge is -2.18.